The van der Waals surface area contributed by atoms with Crippen molar-refractivity contribution >= 4 is 35.3 Å². The summed E-state index contributed by atoms with van der Waals surface area (Å²) in [6, 6.07) is 0. The highest BCUT2D eigenvalue weighted by Crippen LogP contribution is 2.64. The Bertz CT molecular complexity index is 1040. The molecule has 4 rings (SSSR count). The van der Waals surface area contributed by atoms with E-state index in [2.05, 4.69) is 0 Å². The molecule has 0 N–H and O–H groups in total. The van der Waals surface area contributed by atoms with E-state index in [4.69, 9.17) is 0 Å². The summed E-state index contributed by atoms with van der Waals surface area (Å²) in [5, 5.41) is -1.98. The van der Waals surface area contributed by atoms with Crippen molar-refractivity contribution in [3.63, 3.8) is 0 Å². The van der Waals surface area contributed by atoms with Crippen molar-refractivity contribution in [3.8, 4) is 0 Å². The van der Waals surface area contributed by atoms with Crippen molar-refractivity contribution < 1.29 is 30.0 Å². The Morgan fingerprint density at radius 2 is 1.21 bits per heavy atom. The van der Waals surface area contributed by atoms with Crippen LogP contribution in [0.1, 0.15) is 97.3 Å². The number of fused-ring (bicyclic) bond motifs is 2. The van der Waals surface area contributed by atoms with Crippen molar-refractivity contribution in [1.29, 1.82) is 0 Å². The quantitative estimate of drug-likeness (QED) is 0.468. The molecule has 0 aromatic heterocycles. The van der Waals surface area contributed by atoms with Gasteiger partial charge in [0, 0.05) is 32.0 Å². The molecule has 0 aromatic rings. The van der Waals surface area contributed by atoms with Gasteiger partial charge < -0.3 is 0 Å². The van der Waals surface area contributed by atoms with E-state index in [1.807, 2.05) is 13.8 Å². The third-order valence-corrected chi connectivity index (χ3v) is 18.6. The van der Waals surface area contributed by atoms with Gasteiger partial charge in [-0.25, -0.2) is 0 Å². The lowest BCUT2D eigenvalue weighted by Crippen LogP contribution is -2.48. The second-order valence-corrected chi connectivity index (χ2v) is 18.3. The Labute approximate surface area is 199 Å². The summed E-state index contributed by atoms with van der Waals surface area (Å²) in [5.41, 5.74) is -1.82. The fourth-order valence-electron chi connectivity index (χ4n) is 7.03. The first-order valence-electron chi connectivity index (χ1n) is 12.4. The Balaban J connectivity index is 1.79. The van der Waals surface area contributed by atoms with Crippen LogP contribution in [-0.2, 0) is 34.3 Å². The smallest absolute Gasteiger partial charge is 0.140 e. The summed E-state index contributed by atoms with van der Waals surface area (Å²) in [6.45, 7) is 3.74. The van der Waals surface area contributed by atoms with Crippen LogP contribution in [0.2, 0.25) is 0 Å². The van der Waals surface area contributed by atoms with E-state index < -0.39 is 60.5 Å². The number of rotatable bonds is 7. The Morgan fingerprint density at radius 1 is 0.758 bits per heavy atom. The lowest BCUT2D eigenvalue weighted by Gasteiger charge is -2.43. The second-order valence-electron chi connectivity index (χ2n) is 11.3. The van der Waals surface area contributed by atoms with E-state index in [1.54, 1.807) is 0 Å². The molecule has 4 aliphatic rings. The lowest BCUT2D eigenvalue weighted by molar-refractivity contribution is -0.128. The number of ketones is 1. The van der Waals surface area contributed by atoms with Crippen molar-refractivity contribution in [1.82, 2.24) is 0 Å². The molecule has 10 heteroatoms. The van der Waals surface area contributed by atoms with E-state index in [9.17, 15) is 30.0 Å². The monoisotopic (exact) mass is 521 g/mol. The van der Waals surface area contributed by atoms with E-state index in [1.165, 1.54) is 0 Å². The first-order valence-corrected chi connectivity index (χ1v) is 17.1. The molecule has 0 spiro atoms. The number of carbonyl (C=O) groups is 1. The van der Waals surface area contributed by atoms with Gasteiger partial charge in [-0.2, -0.15) is 0 Å². The van der Waals surface area contributed by atoms with Crippen LogP contribution in [0.3, 0.4) is 0 Å². The number of Topliss-reactive ketones (excluding diaryl/α,β-unsaturated/α-hetero) is 1. The maximum absolute atomic E-state index is 13.9. The minimum absolute atomic E-state index is 0.0496. The molecule has 4 aliphatic carbocycles. The summed E-state index contributed by atoms with van der Waals surface area (Å²) in [7, 11) is -13.9. The van der Waals surface area contributed by atoms with Crippen LogP contribution < -0.4 is 0 Å². The van der Waals surface area contributed by atoms with Gasteiger partial charge in [-0.15, -0.1) is 0 Å². The predicted octanol–water partition coefficient (Wildman–Crippen LogP) is 3.74. The van der Waals surface area contributed by atoms with E-state index in [0.29, 0.717) is 38.5 Å². The number of carbonyl (C=O) groups excluding carboxylic acids is 1. The maximum atomic E-state index is 13.9. The zero-order valence-corrected chi connectivity index (χ0v) is 22.2. The minimum Gasteiger partial charge on any atom is -0.299 e. The molecule has 0 radical (unpaired) electrons. The predicted molar refractivity (Wildman–Crippen MR) is 127 cm³/mol. The van der Waals surface area contributed by atoms with Gasteiger partial charge >= 0.3 is 0 Å². The molecule has 190 valence electrons. The second kappa shape index (κ2) is 8.57. The topological polar surface area (TPSA) is 119 Å². The minimum atomic E-state index is -4.75. The van der Waals surface area contributed by atoms with Crippen LogP contribution in [0, 0.1) is 20.7 Å². The molecule has 2 bridgehead atoms. The van der Waals surface area contributed by atoms with Gasteiger partial charge in [0.25, 0.3) is 0 Å². The normalized spacial score (nSPS) is 32.0. The van der Waals surface area contributed by atoms with Gasteiger partial charge in [0.2, 0.25) is 0 Å². The summed E-state index contributed by atoms with van der Waals surface area (Å²) in [5.74, 6) is -0.833. The van der Waals surface area contributed by atoms with Crippen LogP contribution in [0.25, 0.3) is 0 Å². The van der Waals surface area contributed by atoms with Crippen molar-refractivity contribution in [2.75, 3.05) is 5.75 Å². The lowest BCUT2D eigenvalue weighted by atomic mass is 9.70. The number of hydrogen-bond acceptors (Lipinski definition) is 7. The highest BCUT2D eigenvalue weighted by Gasteiger charge is 2.65. The summed E-state index contributed by atoms with van der Waals surface area (Å²) in [6.07, 6.45) is 6.72. The van der Waals surface area contributed by atoms with Gasteiger partial charge in [-0.3, -0.25) is 30.0 Å². The van der Waals surface area contributed by atoms with Crippen LogP contribution in [0.15, 0.2) is 0 Å². The third-order valence-electron chi connectivity index (χ3n) is 9.28. The molecular weight excluding hydrogens is 484 g/mol. The molecule has 2 atom stereocenters. The average Bonchev–Trinajstić information content (AvgIpc) is 3.08. The van der Waals surface area contributed by atoms with E-state index >= 15 is 0 Å². The third kappa shape index (κ3) is 4.03. The molecular formula is C23H37O7S3-. The van der Waals surface area contributed by atoms with Crippen molar-refractivity contribution in [2.24, 2.45) is 16.7 Å². The van der Waals surface area contributed by atoms with E-state index in [0.717, 1.165) is 12.8 Å². The fourth-order valence-corrected chi connectivity index (χ4v) is 17.0. The molecule has 2 unspecified atom stereocenters. The number of hydrogen-bond donors (Lipinski definition) is 0. The van der Waals surface area contributed by atoms with E-state index in [-0.39, 0.29) is 43.8 Å². The molecule has 33 heavy (non-hydrogen) atoms. The highest BCUT2D eigenvalue weighted by molar-refractivity contribution is 8.29. The van der Waals surface area contributed by atoms with Crippen LogP contribution in [0.4, 0.5) is 0 Å². The van der Waals surface area contributed by atoms with Gasteiger partial charge in [0.1, 0.15) is 5.78 Å². The van der Waals surface area contributed by atoms with Crippen molar-refractivity contribution in [3.05, 3.63) is 3.91 Å². The van der Waals surface area contributed by atoms with Crippen molar-refractivity contribution in [2.45, 2.75) is 108 Å². The van der Waals surface area contributed by atoms with Gasteiger partial charge in [0.05, 0.1) is 29.5 Å². The maximum Gasteiger partial charge on any atom is 0.140 e. The molecule has 0 amide bonds. The highest BCUT2D eigenvalue weighted by atomic mass is 32.3. The van der Waals surface area contributed by atoms with Gasteiger partial charge in [-0.05, 0) is 49.9 Å². The summed E-state index contributed by atoms with van der Waals surface area (Å²) >= 11 is 0. The first-order chi connectivity index (χ1) is 15.3. The summed E-state index contributed by atoms with van der Waals surface area (Å²) in [4.78, 5) is 13.0. The van der Waals surface area contributed by atoms with Crippen LogP contribution in [-0.4, -0.2) is 47.3 Å². The van der Waals surface area contributed by atoms with Crippen LogP contribution in [0.5, 0.6) is 0 Å². The zero-order chi connectivity index (χ0) is 24.3. The zero-order valence-electron chi connectivity index (χ0n) is 19.7. The average molecular weight is 522 g/mol. The molecule has 0 saturated heterocycles. The molecule has 0 heterocycles. The number of sulfone groups is 3. The molecule has 7 nitrogen and oxygen atoms in total. The Hall–Kier alpha value is -0.480. The molecule has 0 aromatic carbocycles. The molecule has 0 aliphatic heterocycles. The largest absolute Gasteiger partial charge is 0.299 e. The Kier molecular flexibility index (Phi) is 6.65. The van der Waals surface area contributed by atoms with Gasteiger partial charge in [-0.1, -0.05) is 52.4 Å². The van der Waals surface area contributed by atoms with Crippen LogP contribution >= 0.6 is 0 Å². The fraction of sp³-hybridized carbons (Fsp3) is 0.913. The first kappa shape index (κ1) is 25.6. The molecule has 4 fully saturated rings. The van der Waals surface area contributed by atoms with Gasteiger partial charge in [0.15, 0.2) is 0 Å². The SMILES string of the molecule is CC1(C)C2CCC1(CS(=O)(=O)[C-](S(=O)(=O)C1CCCCC1)S(=O)(=O)C1CCCCC1)C(=O)C2. The molecule has 4 saturated carbocycles. The Morgan fingerprint density at radius 3 is 1.58 bits per heavy atom. The summed E-state index contributed by atoms with van der Waals surface area (Å²) < 4.78 is 81.7. The standard InChI is InChI=1S/C23H37O7S3/c1-22(2)17-13-14-23(22,20(24)15-17)16-31(25,26)21(32(27,28)18-9-5-3-6-10-18)33(29,30)19-11-7-4-8-12-19/h17-19H,3-16H2,1-2H3/q-1.